The van der Waals surface area contributed by atoms with Crippen molar-refractivity contribution in [3.8, 4) is 0 Å². The fourth-order valence-corrected chi connectivity index (χ4v) is 7.00. The van der Waals surface area contributed by atoms with E-state index in [1.165, 1.54) is 18.6 Å². The van der Waals surface area contributed by atoms with E-state index in [0.717, 1.165) is 44.7 Å². The summed E-state index contributed by atoms with van der Waals surface area (Å²) in [6.07, 6.45) is 5.61. The van der Waals surface area contributed by atoms with E-state index in [9.17, 15) is 18.0 Å². The van der Waals surface area contributed by atoms with E-state index in [1.54, 1.807) is 35.2 Å². The molecule has 1 aliphatic rings. The molecule has 0 aliphatic heterocycles. The predicted molar refractivity (Wildman–Crippen MR) is 171 cm³/mol. The Morgan fingerprint density at radius 1 is 0.927 bits per heavy atom. The number of anilines is 1. The number of benzene rings is 3. The third-order valence-electron chi connectivity index (χ3n) is 7.54. The van der Waals surface area contributed by atoms with Crippen LogP contribution in [0.1, 0.15) is 56.6 Å². The minimum Gasteiger partial charge on any atom is -0.352 e. The molecule has 3 aromatic carbocycles. The third kappa shape index (κ3) is 8.09. The lowest BCUT2D eigenvalue weighted by Crippen LogP contribution is -2.54. The number of halogens is 1. The number of rotatable bonds is 11. The van der Waals surface area contributed by atoms with Crippen LogP contribution in [0.4, 0.5) is 5.69 Å². The second kappa shape index (κ2) is 14.3. The maximum atomic E-state index is 14.2. The Balaban J connectivity index is 1.68. The monoisotopic (exact) mass is 687 g/mol. The summed E-state index contributed by atoms with van der Waals surface area (Å²) < 4.78 is 29.9. The Morgan fingerprint density at radius 3 is 2.17 bits per heavy atom. The van der Waals surface area contributed by atoms with Gasteiger partial charge in [-0.25, -0.2) is 8.42 Å². The molecule has 1 saturated carbocycles. The minimum absolute atomic E-state index is 0.0958. The topological polar surface area (TPSA) is 86.8 Å². The highest BCUT2D eigenvalue weighted by Gasteiger charge is 2.34. The molecular formula is C32H38IN3O4S. The molecule has 0 heterocycles. The fourth-order valence-electron chi connectivity index (χ4n) is 5.21. The van der Waals surface area contributed by atoms with Crippen LogP contribution < -0.4 is 9.62 Å². The normalized spacial score (nSPS) is 14.7. The second-order valence-corrected chi connectivity index (χ2v) is 13.7. The van der Waals surface area contributed by atoms with Crippen LogP contribution in [0, 0.1) is 10.5 Å². The molecule has 41 heavy (non-hydrogen) atoms. The molecule has 0 bridgehead atoms. The average Bonchev–Trinajstić information content (AvgIpc) is 2.98. The van der Waals surface area contributed by atoms with E-state index in [-0.39, 0.29) is 23.4 Å². The predicted octanol–water partition coefficient (Wildman–Crippen LogP) is 6.05. The van der Waals surface area contributed by atoms with Gasteiger partial charge in [-0.3, -0.25) is 13.9 Å². The van der Waals surface area contributed by atoms with Crippen LogP contribution in [0.15, 0.2) is 83.8 Å². The molecule has 1 atom stereocenters. The fraction of sp³-hybridized carbons (Fsp3) is 0.375. The number of sulfonamides is 1. The number of carbonyl (C=O) groups is 2. The molecule has 0 aromatic heterocycles. The van der Waals surface area contributed by atoms with Crippen molar-refractivity contribution in [1.29, 1.82) is 0 Å². The van der Waals surface area contributed by atoms with Gasteiger partial charge in [0.2, 0.25) is 11.8 Å². The average molecular weight is 688 g/mol. The molecule has 7 nitrogen and oxygen atoms in total. The highest BCUT2D eigenvalue weighted by molar-refractivity contribution is 14.1. The summed E-state index contributed by atoms with van der Waals surface area (Å²) in [5, 5.41) is 3.18. The molecule has 1 fully saturated rings. The number of aryl methyl sites for hydroxylation is 1. The summed E-state index contributed by atoms with van der Waals surface area (Å²) in [7, 11) is -4.07. The van der Waals surface area contributed by atoms with Crippen molar-refractivity contribution in [2.24, 2.45) is 0 Å². The standard InChI is InChI=1S/C32H38IN3O4S/c1-3-30(32(38)34-27-10-6-4-7-11-27)35(22-25-16-14-24(2)15-17-25)31(37)23-36(28-20-18-26(33)19-21-28)41(39,40)29-12-8-5-9-13-29/h5,8-9,12-21,27,30H,3-4,6-7,10-11,22-23H2,1-2H3,(H,34,38)/t30-/m0/s1. The lowest BCUT2D eigenvalue weighted by molar-refractivity contribution is -0.140. The summed E-state index contributed by atoms with van der Waals surface area (Å²) in [5.74, 6) is -0.624. The molecular weight excluding hydrogens is 649 g/mol. The lowest BCUT2D eigenvalue weighted by atomic mass is 9.95. The maximum absolute atomic E-state index is 14.2. The Bertz CT molecular complexity index is 1410. The van der Waals surface area contributed by atoms with E-state index in [1.807, 2.05) is 50.2 Å². The van der Waals surface area contributed by atoms with Gasteiger partial charge in [-0.1, -0.05) is 74.2 Å². The lowest BCUT2D eigenvalue weighted by Gasteiger charge is -2.34. The summed E-state index contributed by atoms with van der Waals surface area (Å²) in [6, 6.07) is 22.3. The van der Waals surface area contributed by atoms with Gasteiger partial charge in [0, 0.05) is 16.2 Å². The Labute approximate surface area is 257 Å². The van der Waals surface area contributed by atoms with Gasteiger partial charge in [0.1, 0.15) is 12.6 Å². The summed E-state index contributed by atoms with van der Waals surface area (Å²) in [4.78, 5) is 29.4. The van der Waals surface area contributed by atoms with Crippen molar-refractivity contribution >= 4 is 50.1 Å². The largest absolute Gasteiger partial charge is 0.352 e. The second-order valence-electron chi connectivity index (χ2n) is 10.6. The number of carbonyl (C=O) groups excluding carboxylic acids is 2. The highest BCUT2D eigenvalue weighted by Crippen LogP contribution is 2.26. The van der Waals surface area contributed by atoms with Gasteiger partial charge in [0.05, 0.1) is 10.6 Å². The zero-order chi connectivity index (χ0) is 29.4. The maximum Gasteiger partial charge on any atom is 0.264 e. The molecule has 218 valence electrons. The third-order valence-corrected chi connectivity index (χ3v) is 10.0. The van der Waals surface area contributed by atoms with Crippen LogP contribution in [-0.2, 0) is 26.2 Å². The zero-order valence-corrected chi connectivity index (χ0v) is 26.6. The van der Waals surface area contributed by atoms with Crippen LogP contribution in [0.3, 0.4) is 0 Å². The number of nitrogens with one attached hydrogen (secondary N) is 1. The van der Waals surface area contributed by atoms with Crippen LogP contribution in [-0.4, -0.2) is 43.8 Å². The number of nitrogens with zero attached hydrogens (tertiary/aromatic N) is 2. The molecule has 0 spiro atoms. The molecule has 4 rings (SSSR count). The first-order valence-corrected chi connectivity index (χ1v) is 16.7. The molecule has 9 heteroatoms. The van der Waals surface area contributed by atoms with Crippen molar-refractivity contribution in [3.05, 3.63) is 93.6 Å². The summed E-state index contributed by atoms with van der Waals surface area (Å²) in [5.41, 5.74) is 2.35. The smallest absolute Gasteiger partial charge is 0.264 e. The van der Waals surface area contributed by atoms with Gasteiger partial charge in [-0.2, -0.15) is 0 Å². The SMILES string of the molecule is CC[C@@H](C(=O)NC1CCCCC1)N(Cc1ccc(C)cc1)C(=O)CN(c1ccc(I)cc1)S(=O)(=O)c1ccccc1. The van der Waals surface area contributed by atoms with E-state index in [4.69, 9.17) is 0 Å². The Hall–Kier alpha value is -2.92. The van der Waals surface area contributed by atoms with Crippen LogP contribution in [0.2, 0.25) is 0 Å². The highest BCUT2D eigenvalue weighted by atomic mass is 127. The van der Waals surface area contributed by atoms with Crippen LogP contribution in [0.25, 0.3) is 0 Å². The Morgan fingerprint density at radius 2 is 1.56 bits per heavy atom. The first-order valence-electron chi connectivity index (χ1n) is 14.2. The van der Waals surface area contributed by atoms with Crippen molar-refractivity contribution in [2.45, 2.75) is 75.9 Å². The van der Waals surface area contributed by atoms with Gasteiger partial charge < -0.3 is 10.2 Å². The molecule has 1 aliphatic carbocycles. The first kappa shape index (κ1) is 31.0. The quantitative estimate of drug-likeness (QED) is 0.249. The number of amides is 2. The summed E-state index contributed by atoms with van der Waals surface area (Å²) >= 11 is 2.16. The van der Waals surface area contributed by atoms with E-state index >= 15 is 0 Å². The first-order chi connectivity index (χ1) is 19.7. The number of hydrogen-bond donors (Lipinski definition) is 1. The van der Waals surface area contributed by atoms with Crippen molar-refractivity contribution < 1.29 is 18.0 Å². The van der Waals surface area contributed by atoms with E-state index in [2.05, 4.69) is 27.9 Å². The van der Waals surface area contributed by atoms with Gasteiger partial charge in [-0.15, -0.1) is 0 Å². The summed E-state index contributed by atoms with van der Waals surface area (Å²) in [6.45, 7) is 3.64. The zero-order valence-electron chi connectivity index (χ0n) is 23.6. The van der Waals surface area contributed by atoms with Gasteiger partial charge >= 0.3 is 0 Å². The molecule has 0 saturated heterocycles. The molecule has 3 aromatic rings. The van der Waals surface area contributed by atoms with Gasteiger partial charge in [-0.05, 0) is 90.7 Å². The van der Waals surface area contributed by atoms with Crippen molar-refractivity contribution in [2.75, 3.05) is 10.8 Å². The Kier molecular flexibility index (Phi) is 10.8. The number of hydrogen-bond acceptors (Lipinski definition) is 4. The van der Waals surface area contributed by atoms with E-state index < -0.39 is 28.5 Å². The molecule has 0 radical (unpaired) electrons. The molecule has 1 N–H and O–H groups in total. The van der Waals surface area contributed by atoms with Gasteiger partial charge in [0.15, 0.2) is 0 Å². The molecule has 2 amide bonds. The van der Waals surface area contributed by atoms with Crippen LogP contribution >= 0.6 is 22.6 Å². The van der Waals surface area contributed by atoms with E-state index in [0.29, 0.717) is 12.1 Å². The minimum atomic E-state index is -4.07. The van der Waals surface area contributed by atoms with Crippen molar-refractivity contribution in [1.82, 2.24) is 10.2 Å². The van der Waals surface area contributed by atoms with Crippen LogP contribution in [0.5, 0.6) is 0 Å². The van der Waals surface area contributed by atoms with Crippen molar-refractivity contribution in [3.63, 3.8) is 0 Å². The van der Waals surface area contributed by atoms with Gasteiger partial charge in [0.25, 0.3) is 10.0 Å². The molecule has 0 unspecified atom stereocenters.